The van der Waals surface area contributed by atoms with Crippen molar-refractivity contribution < 1.29 is 0 Å². The molecule has 3 heterocycles. The van der Waals surface area contributed by atoms with Crippen LogP contribution in [-0.2, 0) is 7.05 Å². The number of rotatable bonds is 5. The molecule has 0 bridgehead atoms. The number of anilines is 1. The van der Waals surface area contributed by atoms with Gasteiger partial charge in [0.25, 0.3) is 5.56 Å². The Kier molecular flexibility index (Phi) is 5.13. The monoisotopic (exact) mass is 346 g/mol. The second kappa shape index (κ2) is 7.15. The van der Waals surface area contributed by atoms with E-state index in [4.69, 9.17) is 4.98 Å². The fraction of sp³-hybridized carbons (Fsp3) is 0.722. The molecule has 7 heteroatoms. The van der Waals surface area contributed by atoms with Gasteiger partial charge in [0.2, 0.25) is 5.95 Å². The number of aryl methyl sites for hydroxylation is 1. The van der Waals surface area contributed by atoms with E-state index in [0.717, 1.165) is 32.6 Å². The van der Waals surface area contributed by atoms with Crippen molar-refractivity contribution in [3.8, 4) is 0 Å². The van der Waals surface area contributed by atoms with Gasteiger partial charge < -0.3 is 10.2 Å². The molecule has 0 radical (unpaired) electrons. The first-order valence-corrected chi connectivity index (χ1v) is 9.21. The van der Waals surface area contributed by atoms with Crippen molar-refractivity contribution in [2.24, 2.45) is 18.4 Å². The minimum atomic E-state index is -0.119. The number of H-pyrrole nitrogens is 1. The van der Waals surface area contributed by atoms with Gasteiger partial charge >= 0.3 is 0 Å². The van der Waals surface area contributed by atoms with E-state index in [9.17, 15) is 4.79 Å². The van der Waals surface area contributed by atoms with E-state index in [-0.39, 0.29) is 11.0 Å². The smallest absolute Gasteiger partial charge is 0.278 e. The fourth-order valence-electron chi connectivity index (χ4n) is 3.35. The molecule has 0 unspecified atom stereocenters. The van der Waals surface area contributed by atoms with Crippen LogP contribution in [0.5, 0.6) is 0 Å². The van der Waals surface area contributed by atoms with Crippen molar-refractivity contribution in [2.75, 3.05) is 31.1 Å². The summed E-state index contributed by atoms with van der Waals surface area (Å²) in [5.41, 5.74) is 1.31. The maximum atomic E-state index is 12.5. The molecule has 1 aliphatic heterocycles. The van der Waals surface area contributed by atoms with Crippen molar-refractivity contribution >= 4 is 17.0 Å². The molecular weight excluding hydrogens is 316 g/mol. The van der Waals surface area contributed by atoms with Gasteiger partial charge in [-0.3, -0.25) is 14.5 Å². The van der Waals surface area contributed by atoms with Crippen LogP contribution in [0.4, 0.5) is 5.95 Å². The van der Waals surface area contributed by atoms with Gasteiger partial charge in [-0.25, -0.2) is 4.98 Å². The minimum Gasteiger partial charge on any atom is -0.342 e. The zero-order chi connectivity index (χ0) is 18.0. The molecule has 1 fully saturated rings. The highest BCUT2D eigenvalue weighted by Crippen LogP contribution is 2.23. The molecule has 3 rings (SSSR count). The molecule has 2 N–H and O–H groups in total. The summed E-state index contributed by atoms with van der Waals surface area (Å²) in [4.78, 5) is 22.4. The lowest BCUT2D eigenvalue weighted by Crippen LogP contribution is -2.39. The molecule has 0 atom stereocenters. The second-order valence-electron chi connectivity index (χ2n) is 8.34. The summed E-state index contributed by atoms with van der Waals surface area (Å²) in [6, 6.07) is 0. The summed E-state index contributed by atoms with van der Waals surface area (Å²) in [6.07, 6.45) is 5.06. The van der Waals surface area contributed by atoms with Gasteiger partial charge in [-0.1, -0.05) is 20.8 Å². The predicted octanol–water partition coefficient (Wildman–Crippen LogP) is 1.90. The third-order valence-electron chi connectivity index (χ3n) is 4.95. The summed E-state index contributed by atoms with van der Waals surface area (Å²) >= 11 is 0. The fourth-order valence-corrected chi connectivity index (χ4v) is 3.35. The summed E-state index contributed by atoms with van der Waals surface area (Å²) in [6.45, 7) is 10.7. The molecule has 2 aromatic rings. The minimum absolute atomic E-state index is 0.119. The van der Waals surface area contributed by atoms with Gasteiger partial charge in [0.15, 0.2) is 5.52 Å². The zero-order valence-electron chi connectivity index (χ0n) is 15.8. The van der Waals surface area contributed by atoms with Crippen LogP contribution in [0.25, 0.3) is 11.0 Å². The molecule has 0 aromatic carbocycles. The lowest BCUT2D eigenvalue weighted by molar-refractivity contribution is 0.347. The molecule has 1 aliphatic rings. The third-order valence-corrected chi connectivity index (χ3v) is 4.95. The first kappa shape index (κ1) is 17.9. The number of piperidine rings is 1. The van der Waals surface area contributed by atoms with Gasteiger partial charge in [0.1, 0.15) is 5.52 Å². The molecule has 0 saturated carbocycles. The van der Waals surface area contributed by atoms with Crippen LogP contribution in [-0.4, -0.2) is 45.9 Å². The van der Waals surface area contributed by atoms with Crippen LogP contribution in [0.15, 0.2) is 11.0 Å². The molecule has 138 valence electrons. The second-order valence-corrected chi connectivity index (χ2v) is 8.34. The van der Waals surface area contributed by atoms with Crippen molar-refractivity contribution in [2.45, 2.75) is 40.0 Å². The molecule has 25 heavy (non-hydrogen) atoms. The van der Waals surface area contributed by atoms with Crippen LogP contribution in [0, 0.1) is 11.3 Å². The Morgan fingerprint density at radius 2 is 2.04 bits per heavy atom. The number of hydrogen-bond acceptors (Lipinski definition) is 5. The Morgan fingerprint density at radius 3 is 2.72 bits per heavy atom. The lowest BCUT2D eigenvalue weighted by atomic mass is 9.91. The van der Waals surface area contributed by atoms with Crippen molar-refractivity contribution in [3.05, 3.63) is 16.6 Å². The lowest BCUT2D eigenvalue weighted by Gasteiger charge is -2.32. The van der Waals surface area contributed by atoms with Crippen molar-refractivity contribution in [3.63, 3.8) is 0 Å². The van der Waals surface area contributed by atoms with Crippen LogP contribution in [0.1, 0.15) is 40.0 Å². The van der Waals surface area contributed by atoms with Crippen LogP contribution in [0.2, 0.25) is 0 Å². The Hall–Kier alpha value is -1.89. The summed E-state index contributed by atoms with van der Waals surface area (Å²) in [5, 5.41) is 7.58. The van der Waals surface area contributed by atoms with E-state index in [2.05, 4.69) is 41.1 Å². The standard InChI is InChI=1S/C18H30N6O/c1-18(2,3)7-10-24(12-13-5-8-19-9-6-13)17-21-14-11-20-23(4)15(14)16(25)22-17/h11,13,19H,5-10,12H2,1-4H3,(H,21,22,25). The Bertz CT molecular complexity index is 766. The van der Waals surface area contributed by atoms with Gasteiger partial charge in [0, 0.05) is 20.1 Å². The first-order chi connectivity index (χ1) is 11.8. The van der Waals surface area contributed by atoms with Crippen LogP contribution < -0.4 is 15.8 Å². The molecule has 2 aromatic heterocycles. The normalized spacial score (nSPS) is 16.5. The van der Waals surface area contributed by atoms with E-state index in [1.165, 1.54) is 12.8 Å². The molecule has 0 spiro atoms. The number of nitrogens with one attached hydrogen (secondary N) is 2. The number of aromatic nitrogens is 4. The summed E-state index contributed by atoms with van der Waals surface area (Å²) in [5.74, 6) is 1.31. The molecule has 0 amide bonds. The van der Waals surface area contributed by atoms with Gasteiger partial charge in [-0.2, -0.15) is 5.10 Å². The number of hydrogen-bond donors (Lipinski definition) is 2. The van der Waals surface area contributed by atoms with Crippen molar-refractivity contribution in [1.29, 1.82) is 0 Å². The predicted molar refractivity (Wildman–Crippen MR) is 101 cm³/mol. The maximum Gasteiger partial charge on any atom is 0.278 e. The van der Waals surface area contributed by atoms with Gasteiger partial charge in [-0.05, 0) is 43.7 Å². The molecule has 1 saturated heterocycles. The van der Waals surface area contributed by atoms with E-state index >= 15 is 0 Å². The largest absolute Gasteiger partial charge is 0.342 e. The number of fused-ring (bicyclic) bond motifs is 1. The molecule has 0 aliphatic carbocycles. The van der Waals surface area contributed by atoms with E-state index in [1.807, 2.05) is 0 Å². The summed E-state index contributed by atoms with van der Waals surface area (Å²) in [7, 11) is 1.77. The van der Waals surface area contributed by atoms with Crippen LogP contribution >= 0.6 is 0 Å². The van der Waals surface area contributed by atoms with Gasteiger partial charge in [-0.15, -0.1) is 0 Å². The quantitative estimate of drug-likeness (QED) is 0.864. The first-order valence-electron chi connectivity index (χ1n) is 9.21. The van der Waals surface area contributed by atoms with E-state index < -0.39 is 0 Å². The van der Waals surface area contributed by atoms with Crippen LogP contribution in [0.3, 0.4) is 0 Å². The SMILES string of the molecule is Cn1ncc2nc(N(CCC(C)(C)C)CC3CCNCC3)[nH]c(=O)c21. The average molecular weight is 346 g/mol. The molecule has 7 nitrogen and oxygen atoms in total. The van der Waals surface area contributed by atoms with E-state index in [0.29, 0.717) is 22.9 Å². The highest BCUT2D eigenvalue weighted by molar-refractivity contribution is 5.74. The van der Waals surface area contributed by atoms with Crippen molar-refractivity contribution in [1.82, 2.24) is 25.1 Å². The third kappa shape index (κ3) is 4.39. The maximum absolute atomic E-state index is 12.5. The summed E-state index contributed by atoms with van der Waals surface area (Å²) < 4.78 is 1.58. The Morgan fingerprint density at radius 1 is 1.32 bits per heavy atom. The topological polar surface area (TPSA) is 78.8 Å². The number of nitrogens with zero attached hydrogens (tertiary/aromatic N) is 4. The van der Waals surface area contributed by atoms with Gasteiger partial charge in [0.05, 0.1) is 6.20 Å². The van der Waals surface area contributed by atoms with E-state index in [1.54, 1.807) is 17.9 Å². The molecular formula is C18H30N6O. The average Bonchev–Trinajstić information content (AvgIpc) is 2.93. The zero-order valence-corrected chi connectivity index (χ0v) is 15.8. The highest BCUT2D eigenvalue weighted by atomic mass is 16.1. The number of aromatic amines is 1. The Balaban J connectivity index is 1.87. The Labute approximate surface area is 148 Å². The highest BCUT2D eigenvalue weighted by Gasteiger charge is 2.22.